The van der Waals surface area contributed by atoms with Crippen LogP contribution in [0.5, 0.6) is 11.5 Å². The number of carbonyl (C=O) groups excluding carboxylic acids is 1. The lowest BCUT2D eigenvalue weighted by atomic mass is 9.87. The van der Waals surface area contributed by atoms with Crippen molar-refractivity contribution in [2.75, 3.05) is 12.5 Å². The number of nitrogens with one attached hydrogen (secondary N) is 1. The quantitative estimate of drug-likeness (QED) is 0.885. The molecule has 3 rings (SSSR count). The minimum Gasteiger partial charge on any atom is -0.454 e. The van der Waals surface area contributed by atoms with Crippen LogP contribution in [0.2, 0.25) is 0 Å². The summed E-state index contributed by atoms with van der Waals surface area (Å²) in [5.41, 5.74) is 1.54. The molecule has 0 unspecified atom stereocenters. The van der Waals surface area contributed by atoms with E-state index in [0.717, 1.165) is 17.7 Å². The molecule has 0 radical (unpaired) electrons. The summed E-state index contributed by atoms with van der Waals surface area (Å²) in [6.07, 6.45) is 1.31. The summed E-state index contributed by atoms with van der Waals surface area (Å²) >= 11 is 1.56. The van der Waals surface area contributed by atoms with Crippen molar-refractivity contribution < 1.29 is 14.3 Å². The smallest absolute Gasteiger partial charge is 0.231 e. The van der Waals surface area contributed by atoms with Crippen molar-refractivity contribution >= 4 is 17.7 Å². The second kappa shape index (κ2) is 7.18. The Balaban J connectivity index is 1.88. The fourth-order valence-corrected chi connectivity index (χ4v) is 4.07. The van der Waals surface area contributed by atoms with E-state index < -0.39 is 0 Å². The van der Waals surface area contributed by atoms with Crippen LogP contribution in [0.4, 0.5) is 0 Å². The van der Waals surface area contributed by atoms with Crippen molar-refractivity contribution in [3.05, 3.63) is 34.4 Å². The molecule has 1 amide bonds. The Bertz CT molecular complexity index is 721. The predicted molar refractivity (Wildman–Crippen MR) is 92.6 cm³/mol. The van der Waals surface area contributed by atoms with Crippen molar-refractivity contribution in [3.8, 4) is 17.6 Å². The number of thioether (sulfide) groups is 1. The van der Waals surface area contributed by atoms with Crippen LogP contribution in [0.15, 0.2) is 28.8 Å². The van der Waals surface area contributed by atoms with Gasteiger partial charge < -0.3 is 14.8 Å². The number of nitrogens with zero attached hydrogens (tertiary/aromatic N) is 1. The van der Waals surface area contributed by atoms with E-state index in [0.29, 0.717) is 28.0 Å². The van der Waals surface area contributed by atoms with Crippen LogP contribution in [-0.4, -0.2) is 18.5 Å². The Hall–Kier alpha value is -2.13. The Morgan fingerprint density at radius 1 is 1.38 bits per heavy atom. The van der Waals surface area contributed by atoms with Crippen molar-refractivity contribution in [2.24, 2.45) is 5.92 Å². The lowest BCUT2D eigenvalue weighted by molar-refractivity contribution is -0.120. The van der Waals surface area contributed by atoms with Gasteiger partial charge in [0.1, 0.15) is 0 Å². The second-order valence-electron chi connectivity index (χ2n) is 6.30. The van der Waals surface area contributed by atoms with Crippen LogP contribution in [0.3, 0.4) is 0 Å². The molecule has 0 bridgehead atoms. The van der Waals surface area contributed by atoms with Crippen molar-refractivity contribution in [2.45, 2.75) is 32.6 Å². The zero-order valence-corrected chi connectivity index (χ0v) is 14.6. The zero-order chi connectivity index (χ0) is 17.1. The van der Waals surface area contributed by atoms with Crippen LogP contribution >= 0.6 is 11.8 Å². The van der Waals surface area contributed by atoms with E-state index in [9.17, 15) is 10.1 Å². The van der Waals surface area contributed by atoms with Crippen molar-refractivity contribution in [3.63, 3.8) is 0 Å². The number of rotatable bonds is 5. The first kappa shape index (κ1) is 16.7. The number of ether oxygens (including phenoxy) is 2. The van der Waals surface area contributed by atoms with Gasteiger partial charge in [-0.1, -0.05) is 19.9 Å². The Morgan fingerprint density at radius 2 is 2.17 bits per heavy atom. The van der Waals surface area contributed by atoms with E-state index in [2.05, 4.69) is 25.2 Å². The van der Waals surface area contributed by atoms with Gasteiger partial charge >= 0.3 is 0 Å². The number of hydrogen-bond donors (Lipinski definition) is 1. The zero-order valence-electron chi connectivity index (χ0n) is 13.8. The predicted octanol–water partition coefficient (Wildman–Crippen LogP) is 3.53. The molecule has 0 saturated carbocycles. The molecule has 0 fully saturated rings. The van der Waals surface area contributed by atoms with E-state index in [1.54, 1.807) is 11.8 Å². The van der Waals surface area contributed by atoms with Crippen LogP contribution < -0.4 is 14.8 Å². The van der Waals surface area contributed by atoms with E-state index in [-0.39, 0.29) is 25.0 Å². The summed E-state index contributed by atoms with van der Waals surface area (Å²) in [5, 5.41) is 13.2. The number of hydrogen-bond acceptors (Lipinski definition) is 5. The molecule has 6 heteroatoms. The molecule has 1 aromatic carbocycles. The van der Waals surface area contributed by atoms with Gasteiger partial charge in [0.2, 0.25) is 12.7 Å². The topological polar surface area (TPSA) is 71.3 Å². The van der Waals surface area contributed by atoms with Gasteiger partial charge in [0.05, 0.1) is 16.7 Å². The van der Waals surface area contributed by atoms with Crippen LogP contribution in [0.1, 0.15) is 38.2 Å². The molecule has 2 aliphatic heterocycles. The largest absolute Gasteiger partial charge is 0.454 e. The third-order valence-electron chi connectivity index (χ3n) is 4.10. The maximum atomic E-state index is 12.1. The highest BCUT2D eigenvalue weighted by atomic mass is 32.2. The van der Waals surface area contributed by atoms with Crippen LogP contribution in [0, 0.1) is 17.2 Å². The van der Waals surface area contributed by atoms with E-state index >= 15 is 0 Å². The average molecular weight is 344 g/mol. The summed E-state index contributed by atoms with van der Waals surface area (Å²) in [4.78, 5) is 12.1. The van der Waals surface area contributed by atoms with Crippen LogP contribution in [0.25, 0.3) is 0 Å². The first-order valence-corrected chi connectivity index (χ1v) is 9.03. The van der Waals surface area contributed by atoms with Gasteiger partial charge in [0.15, 0.2) is 11.5 Å². The summed E-state index contributed by atoms with van der Waals surface area (Å²) in [6.45, 7) is 4.53. The summed E-state index contributed by atoms with van der Waals surface area (Å²) in [7, 11) is 0. The Morgan fingerprint density at radius 3 is 2.92 bits per heavy atom. The Kier molecular flexibility index (Phi) is 5.00. The summed E-state index contributed by atoms with van der Waals surface area (Å²) in [6, 6.07) is 7.92. The molecule has 0 spiro atoms. The highest BCUT2D eigenvalue weighted by Gasteiger charge is 2.30. The van der Waals surface area contributed by atoms with E-state index in [1.165, 1.54) is 0 Å². The molecule has 2 aliphatic rings. The van der Waals surface area contributed by atoms with Gasteiger partial charge in [-0.2, -0.15) is 5.26 Å². The van der Waals surface area contributed by atoms with E-state index in [4.69, 9.17) is 9.47 Å². The van der Waals surface area contributed by atoms with Crippen molar-refractivity contribution in [1.29, 1.82) is 5.26 Å². The van der Waals surface area contributed by atoms with Gasteiger partial charge in [-0.25, -0.2) is 0 Å². The van der Waals surface area contributed by atoms with Gasteiger partial charge in [-0.3, -0.25) is 4.79 Å². The lowest BCUT2D eigenvalue weighted by Crippen LogP contribution is -2.31. The van der Waals surface area contributed by atoms with Gasteiger partial charge in [0.25, 0.3) is 0 Å². The number of allylic oxidation sites excluding steroid dienone is 1. The number of carbonyl (C=O) groups is 1. The maximum Gasteiger partial charge on any atom is 0.231 e. The first-order chi connectivity index (χ1) is 11.6. The minimum atomic E-state index is -0.236. The number of amides is 1. The second-order valence-corrected chi connectivity index (χ2v) is 7.41. The summed E-state index contributed by atoms with van der Waals surface area (Å²) in [5.74, 6) is 2.56. The third-order valence-corrected chi connectivity index (χ3v) is 5.15. The first-order valence-electron chi connectivity index (χ1n) is 8.05. The third kappa shape index (κ3) is 3.51. The van der Waals surface area contributed by atoms with E-state index in [1.807, 2.05) is 18.2 Å². The molecule has 2 heterocycles. The number of benzene rings is 1. The minimum absolute atomic E-state index is 0.0521. The standard InChI is InChI=1S/C18H20N2O3S/c1-11(2)5-6-24-18-14(9-19)13(8-17(21)20-18)12-3-4-15-16(7-12)23-10-22-15/h3-4,7,11,13H,5-6,8,10H2,1-2H3,(H,20,21)/t13-/m1/s1. The molecule has 126 valence electrons. The van der Waals surface area contributed by atoms with Gasteiger partial charge in [-0.05, 0) is 35.8 Å². The molecule has 0 saturated heterocycles. The lowest BCUT2D eigenvalue weighted by Gasteiger charge is -2.25. The monoisotopic (exact) mass is 344 g/mol. The fourth-order valence-electron chi connectivity index (χ4n) is 2.74. The maximum absolute atomic E-state index is 12.1. The van der Waals surface area contributed by atoms with Gasteiger partial charge in [-0.15, -0.1) is 11.8 Å². The number of nitriles is 1. The highest BCUT2D eigenvalue weighted by Crippen LogP contribution is 2.40. The molecular formula is C18H20N2O3S. The Labute approximate surface area is 146 Å². The molecule has 24 heavy (non-hydrogen) atoms. The normalized spacial score (nSPS) is 19.4. The number of fused-ring (bicyclic) bond motifs is 1. The summed E-state index contributed by atoms with van der Waals surface area (Å²) < 4.78 is 10.7. The molecule has 1 aromatic rings. The molecule has 0 aliphatic carbocycles. The van der Waals surface area contributed by atoms with Crippen molar-refractivity contribution in [1.82, 2.24) is 5.32 Å². The fraction of sp³-hybridized carbons (Fsp3) is 0.444. The molecule has 1 N–H and O–H groups in total. The highest BCUT2D eigenvalue weighted by molar-refractivity contribution is 8.03. The molecule has 0 aromatic heterocycles. The average Bonchev–Trinajstić information content (AvgIpc) is 3.01. The van der Waals surface area contributed by atoms with Crippen LogP contribution in [-0.2, 0) is 4.79 Å². The molecule has 1 atom stereocenters. The molecular weight excluding hydrogens is 324 g/mol. The van der Waals surface area contributed by atoms with Gasteiger partial charge in [0, 0.05) is 12.3 Å². The SMILES string of the molecule is CC(C)CCSC1=C(C#N)[C@@H](c2ccc3c(c2)OCO3)CC(=O)N1. The molecule has 5 nitrogen and oxygen atoms in total.